The molecule has 20 heavy (non-hydrogen) atoms. The number of carbonyl (C=O) groups is 1. The van der Waals surface area contributed by atoms with Crippen molar-refractivity contribution in [2.75, 3.05) is 13.1 Å². The van der Waals surface area contributed by atoms with Crippen LogP contribution in [0.5, 0.6) is 0 Å². The van der Waals surface area contributed by atoms with E-state index < -0.39 is 0 Å². The molecular formula is C18H25NO. The summed E-state index contributed by atoms with van der Waals surface area (Å²) in [7, 11) is 0. The van der Waals surface area contributed by atoms with Crippen LogP contribution in [0.4, 0.5) is 0 Å². The van der Waals surface area contributed by atoms with E-state index in [1.165, 1.54) is 44.1 Å². The number of likely N-dealkylation sites (tertiary alicyclic amines) is 1. The van der Waals surface area contributed by atoms with Crippen molar-refractivity contribution in [2.45, 2.75) is 51.5 Å². The molecule has 0 N–H and O–H groups in total. The number of hydrogen-bond donors (Lipinski definition) is 0. The van der Waals surface area contributed by atoms with Gasteiger partial charge in [-0.3, -0.25) is 9.69 Å². The number of benzene rings is 1. The third kappa shape index (κ3) is 2.95. The van der Waals surface area contributed by atoms with E-state index >= 15 is 0 Å². The lowest BCUT2D eigenvalue weighted by Crippen LogP contribution is -2.48. The van der Waals surface area contributed by atoms with Crippen LogP contribution >= 0.6 is 0 Å². The molecule has 0 bridgehead atoms. The number of nitrogens with zero attached hydrogens (tertiary/aromatic N) is 1. The maximum atomic E-state index is 12.5. The van der Waals surface area contributed by atoms with Crippen molar-refractivity contribution in [3.63, 3.8) is 0 Å². The third-order valence-electron chi connectivity index (χ3n) is 5.04. The van der Waals surface area contributed by atoms with Crippen LogP contribution in [-0.2, 0) is 0 Å². The highest BCUT2D eigenvalue weighted by Gasteiger charge is 2.33. The van der Waals surface area contributed by atoms with Crippen LogP contribution < -0.4 is 0 Å². The second-order valence-electron chi connectivity index (χ2n) is 6.52. The Kier molecular flexibility index (Phi) is 4.21. The number of carbonyl (C=O) groups excluding carboxylic acids is 1. The lowest BCUT2D eigenvalue weighted by Gasteiger charge is -2.43. The van der Waals surface area contributed by atoms with E-state index in [9.17, 15) is 4.79 Å². The van der Waals surface area contributed by atoms with Gasteiger partial charge in [0.1, 0.15) is 0 Å². The number of piperidine rings is 1. The number of aryl methyl sites for hydroxylation is 1. The Labute approximate surface area is 122 Å². The molecule has 1 aromatic rings. The molecule has 1 aromatic carbocycles. The van der Waals surface area contributed by atoms with Gasteiger partial charge < -0.3 is 0 Å². The van der Waals surface area contributed by atoms with Crippen molar-refractivity contribution >= 4 is 5.78 Å². The van der Waals surface area contributed by atoms with Gasteiger partial charge in [-0.2, -0.15) is 0 Å². The van der Waals surface area contributed by atoms with Gasteiger partial charge in [-0.1, -0.05) is 36.6 Å². The lowest BCUT2D eigenvalue weighted by atomic mass is 9.78. The highest BCUT2D eigenvalue weighted by Crippen LogP contribution is 2.35. The lowest BCUT2D eigenvalue weighted by molar-refractivity contribution is 0.0539. The summed E-state index contributed by atoms with van der Waals surface area (Å²) in [6.07, 6.45) is 8.05. The van der Waals surface area contributed by atoms with Crippen molar-refractivity contribution in [1.29, 1.82) is 0 Å². The van der Waals surface area contributed by atoms with Gasteiger partial charge in [0.05, 0.1) is 6.54 Å². The minimum absolute atomic E-state index is 0.292. The SMILES string of the molecule is Cc1cccc(C(=O)CN2CCC[C@H]3CCCC[C@H]32)c1. The van der Waals surface area contributed by atoms with Gasteiger partial charge in [-0.15, -0.1) is 0 Å². The van der Waals surface area contributed by atoms with Gasteiger partial charge in [0.25, 0.3) is 0 Å². The van der Waals surface area contributed by atoms with Gasteiger partial charge in [0.15, 0.2) is 5.78 Å². The molecule has 0 spiro atoms. The van der Waals surface area contributed by atoms with Crippen LogP contribution in [0.15, 0.2) is 24.3 Å². The summed E-state index contributed by atoms with van der Waals surface area (Å²) in [4.78, 5) is 15.0. The monoisotopic (exact) mass is 271 g/mol. The smallest absolute Gasteiger partial charge is 0.176 e. The van der Waals surface area contributed by atoms with Gasteiger partial charge in [0, 0.05) is 11.6 Å². The molecule has 2 fully saturated rings. The molecule has 0 amide bonds. The molecule has 0 unspecified atom stereocenters. The molecule has 2 heteroatoms. The first-order chi connectivity index (χ1) is 9.74. The minimum Gasteiger partial charge on any atom is -0.293 e. The van der Waals surface area contributed by atoms with Crippen molar-refractivity contribution in [3.8, 4) is 0 Å². The van der Waals surface area contributed by atoms with Crippen molar-refractivity contribution < 1.29 is 4.79 Å². The Morgan fingerprint density at radius 3 is 2.85 bits per heavy atom. The Balaban J connectivity index is 1.68. The molecule has 2 atom stereocenters. The molecular weight excluding hydrogens is 246 g/mol. The second kappa shape index (κ2) is 6.09. The summed E-state index contributed by atoms with van der Waals surface area (Å²) in [6, 6.07) is 8.69. The first kappa shape index (κ1) is 13.8. The third-order valence-corrected chi connectivity index (χ3v) is 5.04. The maximum absolute atomic E-state index is 12.5. The second-order valence-corrected chi connectivity index (χ2v) is 6.52. The topological polar surface area (TPSA) is 20.3 Å². The van der Waals surface area contributed by atoms with E-state index in [-0.39, 0.29) is 0 Å². The highest BCUT2D eigenvalue weighted by molar-refractivity contribution is 5.97. The van der Waals surface area contributed by atoms with Crippen LogP contribution in [-0.4, -0.2) is 29.8 Å². The zero-order valence-electron chi connectivity index (χ0n) is 12.5. The standard InChI is InChI=1S/C18H25NO/c1-14-6-4-8-16(12-14)18(20)13-19-11-5-9-15-7-2-3-10-17(15)19/h4,6,8,12,15,17H,2-3,5,7,9-11,13H2,1H3/t15-,17-/m1/s1. The average Bonchev–Trinajstić information content (AvgIpc) is 2.47. The van der Waals surface area contributed by atoms with E-state index in [0.29, 0.717) is 18.4 Å². The van der Waals surface area contributed by atoms with Gasteiger partial charge in [-0.05, 0) is 51.1 Å². The zero-order valence-corrected chi connectivity index (χ0v) is 12.5. The average molecular weight is 271 g/mol. The van der Waals surface area contributed by atoms with Crippen LogP contribution in [0.25, 0.3) is 0 Å². The van der Waals surface area contributed by atoms with E-state index in [2.05, 4.69) is 17.9 Å². The summed E-state index contributed by atoms with van der Waals surface area (Å²) in [6.45, 7) is 3.78. The molecule has 1 saturated heterocycles. The number of rotatable bonds is 3. The van der Waals surface area contributed by atoms with Gasteiger partial charge >= 0.3 is 0 Å². The van der Waals surface area contributed by atoms with Crippen molar-refractivity contribution in [3.05, 3.63) is 35.4 Å². The zero-order chi connectivity index (χ0) is 13.9. The van der Waals surface area contributed by atoms with E-state index in [0.717, 1.165) is 18.0 Å². The molecule has 1 saturated carbocycles. The Hall–Kier alpha value is -1.15. The molecule has 1 aliphatic heterocycles. The summed E-state index contributed by atoms with van der Waals surface area (Å²) in [5.41, 5.74) is 2.05. The van der Waals surface area contributed by atoms with Gasteiger partial charge in [-0.25, -0.2) is 0 Å². The van der Waals surface area contributed by atoms with E-state index in [4.69, 9.17) is 0 Å². The molecule has 108 valence electrons. The number of Topliss-reactive ketones (excluding diaryl/α,β-unsaturated/α-hetero) is 1. The fourth-order valence-electron chi connectivity index (χ4n) is 4.02. The van der Waals surface area contributed by atoms with E-state index in [1.54, 1.807) is 0 Å². The Bertz CT molecular complexity index is 480. The van der Waals surface area contributed by atoms with Crippen molar-refractivity contribution in [2.24, 2.45) is 5.92 Å². The highest BCUT2D eigenvalue weighted by atomic mass is 16.1. The fraction of sp³-hybridized carbons (Fsp3) is 0.611. The Morgan fingerprint density at radius 2 is 2.00 bits per heavy atom. The first-order valence-corrected chi connectivity index (χ1v) is 8.08. The minimum atomic E-state index is 0.292. The van der Waals surface area contributed by atoms with Crippen LogP contribution in [0.3, 0.4) is 0 Å². The first-order valence-electron chi connectivity index (χ1n) is 8.08. The molecule has 2 aliphatic rings. The number of hydrogen-bond acceptors (Lipinski definition) is 2. The predicted molar refractivity (Wildman–Crippen MR) is 82.1 cm³/mol. The Morgan fingerprint density at radius 1 is 1.20 bits per heavy atom. The summed E-state index contributed by atoms with van der Waals surface area (Å²) >= 11 is 0. The largest absolute Gasteiger partial charge is 0.293 e. The molecule has 2 nitrogen and oxygen atoms in total. The molecule has 0 radical (unpaired) electrons. The summed E-state index contributed by atoms with van der Waals surface area (Å²) < 4.78 is 0. The van der Waals surface area contributed by atoms with Crippen LogP contribution in [0, 0.1) is 12.8 Å². The predicted octanol–water partition coefficient (Wildman–Crippen LogP) is 3.83. The van der Waals surface area contributed by atoms with Gasteiger partial charge in [0.2, 0.25) is 0 Å². The van der Waals surface area contributed by atoms with Crippen molar-refractivity contribution in [1.82, 2.24) is 4.90 Å². The van der Waals surface area contributed by atoms with Crippen LogP contribution in [0.2, 0.25) is 0 Å². The maximum Gasteiger partial charge on any atom is 0.176 e. The summed E-state index contributed by atoms with van der Waals surface area (Å²) in [5, 5.41) is 0. The molecule has 1 heterocycles. The molecule has 3 rings (SSSR count). The normalized spacial score (nSPS) is 27.1. The van der Waals surface area contributed by atoms with Crippen LogP contribution in [0.1, 0.15) is 54.4 Å². The number of ketones is 1. The molecule has 1 aliphatic carbocycles. The molecule has 0 aromatic heterocycles. The fourth-order valence-corrected chi connectivity index (χ4v) is 4.02. The number of fused-ring (bicyclic) bond motifs is 1. The quantitative estimate of drug-likeness (QED) is 0.779. The summed E-state index contributed by atoms with van der Waals surface area (Å²) in [5.74, 6) is 1.14. The van der Waals surface area contributed by atoms with E-state index in [1.807, 2.05) is 18.2 Å².